The Morgan fingerprint density at radius 2 is 1.59 bits per heavy atom. The highest BCUT2D eigenvalue weighted by Crippen LogP contribution is 2.25. The zero-order valence-electron chi connectivity index (χ0n) is 20.3. The van der Waals surface area contributed by atoms with Crippen molar-refractivity contribution in [2.75, 3.05) is 26.2 Å². The second-order valence-corrected chi connectivity index (χ2v) is 10.5. The van der Waals surface area contributed by atoms with Crippen molar-refractivity contribution in [2.45, 2.75) is 52.9 Å². The zero-order valence-corrected chi connectivity index (χ0v) is 21.1. The summed E-state index contributed by atoms with van der Waals surface area (Å²) in [5.74, 6) is 0.683. The first-order valence-electron chi connectivity index (χ1n) is 11.1. The lowest BCUT2D eigenvalue weighted by Gasteiger charge is -2.34. The summed E-state index contributed by atoms with van der Waals surface area (Å²) in [6.45, 7) is 11.8. The van der Waals surface area contributed by atoms with Crippen LogP contribution in [0.3, 0.4) is 0 Å². The Morgan fingerprint density at radius 1 is 0.971 bits per heavy atom. The van der Waals surface area contributed by atoms with Crippen LogP contribution in [0.5, 0.6) is 0 Å². The minimum absolute atomic E-state index is 0.0681. The van der Waals surface area contributed by atoms with E-state index in [-0.39, 0.29) is 36.1 Å². The molecule has 0 aliphatic carbocycles. The number of aromatic nitrogens is 5. The highest BCUT2D eigenvalue weighted by molar-refractivity contribution is 7.89. The van der Waals surface area contributed by atoms with Crippen molar-refractivity contribution in [1.29, 1.82) is 0 Å². The molecule has 3 aromatic rings. The summed E-state index contributed by atoms with van der Waals surface area (Å²) in [6.07, 6.45) is 0.180. The third-order valence-electron chi connectivity index (χ3n) is 6.09. The maximum atomic E-state index is 13.1. The van der Waals surface area contributed by atoms with E-state index in [9.17, 15) is 13.2 Å². The summed E-state index contributed by atoms with van der Waals surface area (Å²) in [6, 6.07) is 1.89. The van der Waals surface area contributed by atoms with Gasteiger partial charge < -0.3 is 9.42 Å². The van der Waals surface area contributed by atoms with Gasteiger partial charge in [0.2, 0.25) is 15.9 Å². The Labute approximate surface area is 198 Å². The third-order valence-corrected chi connectivity index (χ3v) is 8.23. The van der Waals surface area contributed by atoms with Crippen molar-refractivity contribution >= 4 is 15.9 Å². The first-order chi connectivity index (χ1) is 16.0. The fraction of sp³-hybridized carbons (Fsp3) is 0.500. The molecule has 0 unspecified atom stereocenters. The van der Waals surface area contributed by atoms with Crippen LogP contribution in [0.1, 0.15) is 39.8 Å². The molecule has 4 heterocycles. The quantitative estimate of drug-likeness (QED) is 0.531. The Balaban J connectivity index is 1.46. The third kappa shape index (κ3) is 4.34. The predicted molar refractivity (Wildman–Crippen MR) is 123 cm³/mol. The van der Waals surface area contributed by atoms with Crippen LogP contribution in [0.15, 0.2) is 15.5 Å². The second-order valence-electron chi connectivity index (χ2n) is 8.63. The molecule has 1 saturated heterocycles. The summed E-state index contributed by atoms with van der Waals surface area (Å²) in [5.41, 5.74) is 4.42. The van der Waals surface area contributed by atoms with E-state index in [0.717, 1.165) is 28.3 Å². The molecule has 1 aliphatic heterocycles. The molecule has 3 aromatic heterocycles. The lowest BCUT2D eigenvalue weighted by atomic mass is 10.1. The highest BCUT2D eigenvalue weighted by atomic mass is 32.2. The van der Waals surface area contributed by atoms with Gasteiger partial charge in [-0.1, -0.05) is 5.16 Å². The summed E-state index contributed by atoms with van der Waals surface area (Å²) < 4.78 is 34.2. The highest BCUT2D eigenvalue weighted by Gasteiger charge is 2.34. The molecular formula is C22H29N7O4S. The SMILES string of the molecule is Cc1cc(C)nc(-n2nc(C)c(CC(=O)N3CCN(S(=O)(=O)c4c(C)noc4C)CC3)c2C)n1. The molecule has 11 nitrogen and oxygen atoms in total. The topological polar surface area (TPSA) is 127 Å². The van der Waals surface area contributed by atoms with Gasteiger partial charge in [0, 0.05) is 48.8 Å². The van der Waals surface area contributed by atoms with Crippen LogP contribution < -0.4 is 0 Å². The Kier molecular flexibility index (Phi) is 6.30. The number of piperazine rings is 1. The molecule has 1 fully saturated rings. The lowest BCUT2D eigenvalue weighted by Crippen LogP contribution is -2.51. The molecular weight excluding hydrogens is 458 g/mol. The molecule has 4 rings (SSSR count). The van der Waals surface area contributed by atoms with Gasteiger partial charge in [-0.25, -0.2) is 23.1 Å². The summed E-state index contributed by atoms with van der Waals surface area (Å²) in [4.78, 5) is 23.8. The van der Waals surface area contributed by atoms with Crippen molar-refractivity contribution in [3.05, 3.63) is 45.9 Å². The van der Waals surface area contributed by atoms with Gasteiger partial charge >= 0.3 is 0 Å². The van der Waals surface area contributed by atoms with Crippen molar-refractivity contribution in [3.63, 3.8) is 0 Å². The van der Waals surface area contributed by atoms with Crippen LogP contribution in [0.4, 0.5) is 0 Å². The summed E-state index contributed by atoms with van der Waals surface area (Å²) >= 11 is 0. The molecule has 0 bridgehead atoms. The van der Waals surface area contributed by atoms with E-state index in [2.05, 4.69) is 20.2 Å². The number of aryl methyl sites for hydroxylation is 5. The van der Waals surface area contributed by atoms with Crippen LogP contribution in [-0.4, -0.2) is 74.6 Å². The van der Waals surface area contributed by atoms with E-state index >= 15 is 0 Å². The smallest absolute Gasteiger partial charge is 0.251 e. The Hall–Kier alpha value is -3.12. The van der Waals surface area contributed by atoms with Crippen molar-refractivity contribution < 1.29 is 17.7 Å². The van der Waals surface area contributed by atoms with E-state index in [1.54, 1.807) is 23.4 Å². The lowest BCUT2D eigenvalue weighted by molar-refractivity contribution is -0.131. The van der Waals surface area contributed by atoms with Gasteiger partial charge in [-0.2, -0.15) is 9.40 Å². The molecule has 0 saturated carbocycles. The molecule has 0 aromatic carbocycles. The Morgan fingerprint density at radius 3 is 2.15 bits per heavy atom. The van der Waals surface area contributed by atoms with Gasteiger partial charge in [0.1, 0.15) is 10.6 Å². The summed E-state index contributed by atoms with van der Waals surface area (Å²) in [5, 5.41) is 8.32. The molecule has 182 valence electrons. The number of rotatable bonds is 5. The van der Waals surface area contributed by atoms with E-state index < -0.39 is 10.0 Å². The second kappa shape index (κ2) is 8.91. The molecule has 0 N–H and O–H groups in total. The number of nitrogens with zero attached hydrogens (tertiary/aromatic N) is 7. The van der Waals surface area contributed by atoms with Crippen LogP contribution in [0.25, 0.3) is 5.95 Å². The Bertz CT molecular complexity index is 1310. The molecule has 34 heavy (non-hydrogen) atoms. The number of hydrogen-bond donors (Lipinski definition) is 0. The van der Waals surface area contributed by atoms with Gasteiger partial charge in [-0.3, -0.25) is 4.79 Å². The van der Waals surface area contributed by atoms with Crippen molar-refractivity contribution in [1.82, 2.24) is 34.1 Å². The number of carbonyl (C=O) groups is 1. The first kappa shape index (κ1) is 24.0. The van der Waals surface area contributed by atoms with Gasteiger partial charge in [-0.05, 0) is 47.6 Å². The average molecular weight is 488 g/mol. The molecule has 0 atom stereocenters. The van der Waals surface area contributed by atoms with Gasteiger partial charge in [0.05, 0.1) is 12.1 Å². The molecule has 0 spiro atoms. The standard InChI is InChI=1S/C22H29N7O4S/c1-13-11-14(2)24-22(23-13)29-17(5)19(15(3)25-29)12-20(30)27-7-9-28(10-8-27)34(31,32)21-16(4)26-33-18(21)6/h11H,7-10,12H2,1-6H3. The van der Waals surface area contributed by atoms with Crippen molar-refractivity contribution in [3.8, 4) is 5.95 Å². The fourth-order valence-electron chi connectivity index (χ4n) is 4.34. The van der Waals surface area contributed by atoms with E-state index in [0.29, 0.717) is 24.7 Å². The predicted octanol–water partition coefficient (Wildman–Crippen LogP) is 1.58. The van der Waals surface area contributed by atoms with E-state index in [1.807, 2.05) is 33.8 Å². The summed E-state index contributed by atoms with van der Waals surface area (Å²) in [7, 11) is -3.72. The number of carbonyl (C=O) groups excluding carboxylic acids is 1. The van der Waals surface area contributed by atoms with E-state index in [1.165, 1.54) is 4.31 Å². The van der Waals surface area contributed by atoms with Crippen molar-refractivity contribution in [2.24, 2.45) is 0 Å². The molecule has 12 heteroatoms. The van der Waals surface area contributed by atoms with Gasteiger partial charge in [0.25, 0.3) is 5.95 Å². The fourth-order valence-corrected chi connectivity index (χ4v) is 6.05. The average Bonchev–Trinajstić information content (AvgIpc) is 3.26. The number of amides is 1. The molecule has 1 aliphatic rings. The van der Waals surface area contributed by atoms with Gasteiger partial charge in [0.15, 0.2) is 5.76 Å². The molecule has 0 radical (unpaired) electrons. The first-order valence-corrected chi connectivity index (χ1v) is 12.5. The normalized spacial score (nSPS) is 15.2. The molecule has 1 amide bonds. The number of sulfonamides is 1. The van der Waals surface area contributed by atoms with Crippen LogP contribution in [0, 0.1) is 41.5 Å². The monoisotopic (exact) mass is 487 g/mol. The zero-order chi connectivity index (χ0) is 24.8. The maximum Gasteiger partial charge on any atom is 0.251 e. The minimum Gasteiger partial charge on any atom is -0.360 e. The minimum atomic E-state index is -3.72. The van der Waals surface area contributed by atoms with Crippen LogP contribution >= 0.6 is 0 Å². The largest absolute Gasteiger partial charge is 0.360 e. The van der Waals surface area contributed by atoms with Gasteiger partial charge in [-0.15, -0.1) is 0 Å². The van der Waals surface area contributed by atoms with E-state index in [4.69, 9.17) is 4.52 Å². The number of hydrogen-bond acceptors (Lipinski definition) is 8. The van der Waals surface area contributed by atoms with Crippen LogP contribution in [-0.2, 0) is 21.2 Å². The maximum absolute atomic E-state index is 13.1. The van der Waals surface area contributed by atoms with Crippen LogP contribution in [0.2, 0.25) is 0 Å².